The van der Waals surface area contributed by atoms with Gasteiger partial charge in [-0.1, -0.05) is 0 Å². The van der Waals surface area contributed by atoms with E-state index in [4.69, 9.17) is 16.3 Å². The first-order valence-electron chi connectivity index (χ1n) is 5.04. The van der Waals surface area contributed by atoms with E-state index in [1.807, 2.05) is 0 Å². The summed E-state index contributed by atoms with van der Waals surface area (Å²) in [4.78, 5) is 0.964. The molecule has 0 saturated heterocycles. The molecule has 1 atom stereocenters. The van der Waals surface area contributed by atoms with Crippen molar-refractivity contribution in [2.75, 3.05) is 20.8 Å². The summed E-state index contributed by atoms with van der Waals surface area (Å²) in [5.74, 6) is 0.207. The third-order valence-corrected chi connectivity index (χ3v) is 6.04. The molecule has 0 fully saturated rings. The average molecular weight is 298 g/mol. The Bertz CT molecular complexity index is 458. The van der Waals surface area contributed by atoms with Gasteiger partial charge in [-0.15, -0.1) is 22.9 Å². The number of thiophene rings is 1. The van der Waals surface area contributed by atoms with Crippen LogP contribution in [0.3, 0.4) is 0 Å². The van der Waals surface area contributed by atoms with E-state index in [9.17, 15) is 8.42 Å². The Labute approximate surface area is 111 Å². The lowest BCUT2D eigenvalue weighted by Gasteiger charge is -2.23. The molecule has 0 spiro atoms. The van der Waals surface area contributed by atoms with Gasteiger partial charge in [0.15, 0.2) is 0 Å². The number of nitrogens with zero attached hydrogens (tertiary/aromatic N) is 1. The van der Waals surface area contributed by atoms with Crippen LogP contribution in [0.2, 0.25) is 0 Å². The number of hydrogen-bond donors (Lipinski definition) is 0. The van der Waals surface area contributed by atoms with Crippen molar-refractivity contribution in [3.8, 4) is 0 Å². The molecule has 0 bridgehead atoms. The highest BCUT2D eigenvalue weighted by Gasteiger charge is 2.28. The summed E-state index contributed by atoms with van der Waals surface area (Å²) in [6, 6.07) is 1.38. The van der Waals surface area contributed by atoms with Crippen molar-refractivity contribution < 1.29 is 13.2 Å². The monoisotopic (exact) mass is 297 g/mol. The first kappa shape index (κ1) is 14.9. The van der Waals surface area contributed by atoms with Gasteiger partial charge in [-0.25, -0.2) is 8.42 Å². The molecule has 0 aromatic carbocycles. The van der Waals surface area contributed by atoms with Crippen LogP contribution < -0.4 is 0 Å². The molecular formula is C10H16ClNO3S2. The molecule has 17 heavy (non-hydrogen) atoms. The van der Waals surface area contributed by atoms with Crippen molar-refractivity contribution in [2.45, 2.75) is 23.7 Å². The van der Waals surface area contributed by atoms with Gasteiger partial charge in [0, 0.05) is 25.1 Å². The molecule has 0 aliphatic rings. The Kier molecular flexibility index (Phi) is 5.40. The second kappa shape index (κ2) is 6.15. The van der Waals surface area contributed by atoms with E-state index in [1.54, 1.807) is 32.5 Å². The fraction of sp³-hybridized carbons (Fsp3) is 0.600. The molecule has 1 aromatic heterocycles. The summed E-state index contributed by atoms with van der Waals surface area (Å²) >= 11 is 7.08. The fourth-order valence-corrected chi connectivity index (χ4v) is 4.41. The third-order valence-electron chi connectivity index (χ3n) is 2.51. The number of rotatable bonds is 6. The molecule has 98 valence electrons. The van der Waals surface area contributed by atoms with Gasteiger partial charge < -0.3 is 4.74 Å². The maximum Gasteiger partial charge on any atom is 0.244 e. The number of halogens is 1. The Balaban J connectivity index is 3.03. The lowest BCUT2D eigenvalue weighted by molar-refractivity contribution is 0.149. The zero-order valence-electron chi connectivity index (χ0n) is 10.0. The van der Waals surface area contributed by atoms with Gasteiger partial charge in [0.25, 0.3) is 0 Å². The van der Waals surface area contributed by atoms with Crippen LogP contribution in [0.4, 0.5) is 0 Å². The van der Waals surface area contributed by atoms with Gasteiger partial charge in [-0.2, -0.15) is 4.31 Å². The maximum atomic E-state index is 12.3. The Morgan fingerprint density at radius 2 is 2.24 bits per heavy atom. The predicted octanol–water partition coefficient (Wildman–Crippen LogP) is 2.14. The maximum absolute atomic E-state index is 12.3. The van der Waals surface area contributed by atoms with Crippen LogP contribution in [0, 0.1) is 0 Å². The first-order chi connectivity index (χ1) is 7.95. The van der Waals surface area contributed by atoms with Crippen molar-refractivity contribution in [3.63, 3.8) is 0 Å². The van der Waals surface area contributed by atoms with Crippen molar-refractivity contribution in [1.82, 2.24) is 4.31 Å². The smallest absolute Gasteiger partial charge is 0.244 e. The molecule has 1 aromatic rings. The normalized spacial score (nSPS) is 14.2. The average Bonchev–Trinajstić information content (AvgIpc) is 2.76. The quantitative estimate of drug-likeness (QED) is 0.756. The summed E-state index contributed by atoms with van der Waals surface area (Å²) < 4.78 is 30.9. The second-order valence-corrected chi connectivity index (χ2v) is 6.90. The molecule has 0 aliphatic carbocycles. The topological polar surface area (TPSA) is 46.6 Å². The van der Waals surface area contributed by atoms with Crippen molar-refractivity contribution >= 4 is 33.0 Å². The van der Waals surface area contributed by atoms with E-state index >= 15 is 0 Å². The zero-order valence-corrected chi connectivity index (χ0v) is 12.4. The van der Waals surface area contributed by atoms with Gasteiger partial charge in [0.2, 0.25) is 10.0 Å². The van der Waals surface area contributed by atoms with E-state index in [-0.39, 0.29) is 11.9 Å². The second-order valence-electron chi connectivity index (χ2n) is 3.67. The summed E-state index contributed by atoms with van der Waals surface area (Å²) in [5, 5.41) is 1.74. The summed E-state index contributed by atoms with van der Waals surface area (Å²) in [5.41, 5.74) is 0. The van der Waals surface area contributed by atoms with Gasteiger partial charge in [0.05, 0.1) is 17.4 Å². The standard InChI is InChI=1S/C10H16ClNO3S2/c1-8(7-15-3)12(2)17(13,14)10-4-5-16-9(10)6-11/h4-5,8H,6-7H2,1-3H3. The van der Waals surface area contributed by atoms with E-state index < -0.39 is 10.0 Å². The lowest BCUT2D eigenvalue weighted by atomic mass is 10.4. The molecule has 1 heterocycles. The lowest BCUT2D eigenvalue weighted by Crippen LogP contribution is -2.37. The van der Waals surface area contributed by atoms with Gasteiger partial charge >= 0.3 is 0 Å². The molecule has 0 amide bonds. The van der Waals surface area contributed by atoms with Gasteiger partial charge in [0.1, 0.15) is 0 Å². The molecule has 0 aliphatic heterocycles. The van der Waals surface area contributed by atoms with Crippen molar-refractivity contribution in [2.24, 2.45) is 0 Å². The third kappa shape index (κ3) is 3.20. The molecule has 0 N–H and O–H groups in total. The van der Waals surface area contributed by atoms with Crippen LogP contribution in [-0.2, 0) is 20.6 Å². The van der Waals surface area contributed by atoms with E-state index in [1.165, 1.54) is 15.6 Å². The SMILES string of the molecule is COCC(C)N(C)S(=O)(=O)c1ccsc1CCl. The minimum atomic E-state index is -3.48. The minimum absolute atomic E-state index is 0.207. The molecule has 1 unspecified atom stereocenters. The molecule has 7 heteroatoms. The molecule has 0 radical (unpaired) electrons. The highest BCUT2D eigenvalue weighted by atomic mass is 35.5. The number of ether oxygens (including phenoxy) is 1. The van der Waals surface area contributed by atoms with E-state index in [0.717, 1.165) is 0 Å². The van der Waals surface area contributed by atoms with Crippen molar-refractivity contribution in [3.05, 3.63) is 16.3 Å². The molecule has 1 rings (SSSR count). The van der Waals surface area contributed by atoms with Crippen LogP contribution >= 0.6 is 22.9 Å². The molecule has 4 nitrogen and oxygen atoms in total. The van der Waals surface area contributed by atoms with Crippen LogP contribution in [0.25, 0.3) is 0 Å². The van der Waals surface area contributed by atoms with Crippen LogP contribution in [-0.4, -0.2) is 39.5 Å². The fourth-order valence-electron chi connectivity index (χ4n) is 1.39. The predicted molar refractivity (Wildman–Crippen MR) is 70.2 cm³/mol. The van der Waals surface area contributed by atoms with Gasteiger partial charge in [-0.05, 0) is 18.4 Å². The summed E-state index contributed by atoms with van der Waals surface area (Å²) in [6.45, 7) is 2.16. The Hall–Kier alpha value is -0.140. The van der Waals surface area contributed by atoms with E-state index in [2.05, 4.69) is 0 Å². The zero-order chi connectivity index (χ0) is 13.1. The number of hydrogen-bond acceptors (Lipinski definition) is 4. The van der Waals surface area contributed by atoms with Gasteiger partial charge in [-0.3, -0.25) is 0 Å². The highest BCUT2D eigenvalue weighted by Crippen LogP contribution is 2.26. The molecular weight excluding hydrogens is 282 g/mol. The largest absolute Gasteiger partial charge is 0.383 e. The highest BCUT2D eigenvalue weighted by molar-refractivity contribution is 7.89. The Morgan fingerprint density at radius 1 is 1.59 bits per heavy atom. The minimum Gasteiger partial charge on any atom is -0.383 e. The van der Waals surface area contributed by atoms with E-state index in [0.29, 0.717) is 16.4 Å². The summed E-state index contributed by atoms with van der Waals surface area (Å²) in [7, 11) is -0.383. The van der Waals surface area contributed by atoms with Crippen LogP contribution in [0.15, 0.2) is 16.3 Å². The number of methoxy groups -OCH3 is 1. The number of sulfonamides is 1. The molecule has 0 saturated carbocycles. The number of alkyl halides is 1. The van der Waals surface area contributed by atoms with Crippen molar-refractivity contribution in [1.29, 1.82) is 0 Å². The van der Waals surface area contributed by atoms with Crippen LogP contribution in [0.5, 0.6) is 0 Å². The number of likely N-dealkylation sites (N-methyl/N-ethyl adjacent to an activating group) is 1. The Morgan fingerprint density at radius 3 is 2.76 bits per heavy atom. The van der Waals surface area contributed by atoms with Crippen LogP contribution in [0.1, 0.15) is 11.8 Å². The summed E-state index contributed by atoms with van der Waals surface area (Å²) in [6.07, 6.45) is 0. The first-order valence-corrected chi connectivity index (χ1v) is 7.89.